The highest BCUT2D eigenvalue weighted by molar-refractivity contribution is 9.11. The molecule has 0 amide bonds. The number of benzene rings is 12. The maximum atomic E-state index is 3.69. The molecule has 0 saturated carbocycles. The van der Waals surface area contributed by atoms with E-state index in [2.05, 4.69) is 295 Å². The molecule has 0 heterocycles. The summed E-state index contributed by atoms with van der Waals surface area (Å²) < 4.78 is 3.32. The Balaban J connectivity index is 0.000000137. The van der Waals surface area contributed by atoms with E-state index in [-0.39, 0.29) is 7.43 Å². The number of hydrogen-bond acceptors (Lipinski definition) is 1. The Morgan fingerprint density at radius 3 is 0.864 bits per heavy atom. The fourth-order valence-corrected chi connectivity index (χ4v) is 10.1. The molecule has 320 valence electrons. The molecule has 0 aromatic heterocycles. The second-order valence-corrected chi connectivity index (χ2v) is 18.8. The van der Waals surface area contributed by atoms with Crippen LogP contribution in [0.25, 0.3) is 64.6 Å². The highest BCUT2D eigenvalue weighted by atomic mass is 79.9. The van der Waals surface area contributed by atoms with Gasteiger partial charge in [-0.3, -0.25) is 0 Å². The molecular formula is C62H46Br3N. The molecule has 0 aliphatic rings. The number of para-hydroxylation sites is 2. The largest absolute Gasteiger partial charge is 0.310 e. The quantitative estimate of drug-likeness (QED) is 0.155. The molecule has 4 heteroatoms. The van der Waals surface area contributed by atoms with Gasteiger partial charge in [-0.05, 0) is 155 Å². The van der Waals surface area contributed by atoms with Gasteiger partial charge in [-0.1, -0.05) is 225 Å². The molecule has 0 aliphatic heterocycles. The minimum Gasteiger partial charge on any atom is -0.310 e. The first kappa shape index (κ1) is 44.6. The third kappa shape index (κ3) is 9.41. The SMILES string of the molecule is Brc1ccc2c3ccccc3c3ccc(Br)cc3c2c1.Brc1ccc2c3ccccc3c3ccc(N(c4ccccc4)c4ccccc4)cc3c2c1.C.c1ccc(Cc2ccccc2)cc1. The van der Waals surface area contributed by atoms with Gasteiger partial charge in [-0.15, -0.1) is 0 Å². The predicted molar refractivity (Wildman–Crippen MR) is 298 cm³/mol. The lowest BCUT2D eigenvalue weighted by atomic mass is 9.94. The maximum Gasteiger partial charge on any atom is 0.0468 e. The minimum atomic E-state index is 0. The molecule has 0 bridgehead atoms. The van der Waals surface area contributed by atoms with Crippen LogP contribution in [0.4, 0.5) is 17.1 Å². The topological polar surface area (TPSA) is 3.24 Å². The van der Waals surface area contributed by atoms with Crippen molar-refractivity contribution in [1.82, 2.24) is 0 Å². The second kappa shape index (κ2) is 20.3. The van der Waals surface area contributed by atoms with E-state index in [1.165, 1.54) is 75.8 Å². The van der Waals surface area contributed by atoms with Crippen molar-refractivity contribution >= 4 is 129 Å². The van der Waals surface area contributed by atoms with Crippen molar-refractivity contribution in [3.05, 3.63) is 267 Å². The fourth-order valence-electron chi connectivity index (χ4n) is 8.99. The second-order valence-electron chi connectivity index (χ2n) is 16.0. The van der Waals surface area contributed by atoms with Crippen molar-refractivity contribution in [1.29, 1.82) is 0 Å². The van der Waals surface area contributed by atoms with E-state index in [9.17, 15) is 0 Å². The van der Waals surface area contributed by atoms with Crippen LogP contribution in [0.5, 0.6) is 0 Å². The van der Waals surface area contributed by atoms with Gasteiger partial charge in [0.05, 0.1) is 0 Å². The average molecular weight is 1040 g/mol. The smallest absolute Gasteiger partial charge is 0.0468 e. The van der Waals surface area contributed by atoms with Crippen LogP contribution in [0.1, 0.15) is 18.6 Å². The Bertz CT molecular complexity index is 3440. The Morgan fingerprint density at radius 1 is 0.242 bits per heavy atom. The van der Waals surface area contributed by atoms with Gasteiger partial charge in [0.1, 0.15) is 0 Å². The zero-order valence-electron chi connectivity index (χ0n) is 35.4. The molecular weight excluding hydrogens is 998 g/mol. The summed E-state index contributed by atoms with van der Waals surface area (Å²) in [6.07, 6.45) is 1.03. The van der Waals surface area contributed by atoms with E-state index in [0.717, 1.165) is 36.9 Å². The van der Waals surface area contributed by atoms with Crippen molar-refractivity contribution in [3.63, 3.8) is 0 Å². The molecule has 0 spiro atoms. The maximum absolute atomic E-state index is 3.69. The summed E-state index contributed by atoms with van der Waals surface area (Å²) in [6.45, 7) is 0. The van der Waals surface area contributed by atoms with Crippen LogP contribution in [-0.4, -0.2) is 0 Å². The van der Waals surface area contributed by atoms with E-state index < -0.39 is 0 Å². The summed E-state index contributed by atoms with van der Waals surface area (Å²) in [7, 11) is 0. The highest BCUT2D eigenvalue weighted by Gasteiger charge is 2.15. The van der Waals surface area contributed by atoms with Crippen LogP contribution in [0.15, 0.2) is 256 Å². The minimum absolute atomic E-state index is 0. The van der Waals surface area contributed by atoms with Gasteiger partial charge in [0.2, 0.25) is 0 Å². The standard InChI is InChI=1S/C30H20BrN.C18H10Br2.C13H12.CH4/c31-21-15-17-27-25-13-7-8-14-26(25)28-18-16-24(20-30(28)29(27)19-21)32(22-9-3-1-4-10-22)23-11-5-2-6-12-23;19-11-5-7-15-13-3-1-2-4-14(13)16-8-6-12(20)10-18(16)17(15)9-11;1-3-7-12(8-4-1)11-13-9-5-2-6-10-13;/h1-20H;1-10H;1-10H,11H2;1H4. The predicted octanol–water partition coefficient (Wildman–Crippen LogP) is 20.0. The Kier molecular flexibility index (Phi) is 13.7. The van der Waals surface area contributed by atoms with Gasteiger partial charge in [-0.25, -0.2) is 0 Å². The van der Waals surface area contributed by atoms with Crippen LogP contribution >= 0.6 is 47.8 Å². The Hall–Kier alpha value is -6.56. The van der Waals surface area contributed by atoms with E-state index >= 15 is 0 Å². The lowest BCUT2D eigenvalue weighted by molar-refractivity contribution is 1.19. The van der Waals surface area contributed by atoms with Crippen molar-refractivity contribution in [2.24, 2.45) is 0 Å². The first-order chi connectivity index (χ1) is 32.0. The molecule has 12 aromatic carbocycles. The van der Waals surface area contributed by atoms with Gasteiger partial charge in [0.25, 0.3) is 0 Å². The molecule has 0 saturated heterocycles. The van der Waals surface area contributed by atoms with Crippen LogP contribution in [0, 0.1) is 0 Å². The summed E-state index contributed by atoms with van der Waals surface area (Å²) in [6, 6.07) is 85.9. The summed E-state index contributed by atoms with van der Waals surface area (Å²) in [5, 5.41) is 15.4. The zero-order chi connectivity index (χ0) is 44.1. The lowest BCUT2D eigenvalue weighted by Crippen LogP contribution is -2.09. The Labute approximate surface area is 412 Å². The first-order valence-corrected chi connectivity index (χ1v) is 24.1. The Morgan fingerprint density at radius 2 is 0.515 bits per heavy atom. The van der Waals surface area contributed by atoms with Gasteiger partial charge in [-0.2, -0.15) is 0 Å². The number of rotatable bonds is 5. The van der Waals surface area contributed by atoms with Crippen LogP contribution in [0.2, 0.25) is 0 Å². The molecule has 0 aliphatic carbocycles. The third-order valence-electron chi connectivity index (χ3n) is 11.9. The molecule has 0 radical (unpaired) electrons. The van der Waals surface area contributed by atoms with Gasteiger partial charge in [0.15, 0.2) is 0 Å². The van der Waals surface area contributed by atoms with Crippen LogP contribution in [-0.2, 0) is 6.42 Å². The molecule has 12 aromatic rings. The zero-order valence-corrected chi connectivity index (χ0v) is 40.1. The number of halogens is 3. The van der Waals surface area contributed by atoms with Gasteiger partial charge < -0.3 is 4.90 Å². The van der Waals surface area contributed by atoms with E-state index in [4.69, 9.17) is 0 Å². The third-order valence-corrected chi connectivity index (χ3v) is 13.4. The number of nitrogens with zero attached hydrogens (tertiary/aromatic N) is 1. The van der Waals surface area contributed by atoms with E-state index in [1.807, 2.05) is 0 Å². The number of hydrogen-bond donors (Lipinski definition) is 0. The van der Waals surface area contributed by atoms with E-state index in [0.29, 0.717) is 0 Å². The monoisotopic (exact) mass is 1040 g/mol. The molecule has 0 unspecified atom stereocenters. The molecule has 0 fully saturated rings. The first-order valence-electron chi connectivity index (χ1n) is 21.7. The van der Waals surface area contributed by atoms with Crippen LogP contribution < -0.4 is 4.90 Å². The summed E-state index contributed by atoms with van der Waals surface area (Å²) in [4.78, 5) is 2.32. The highest BCUT2D eigenvalue weighted by Crippen LogP contribution is 2.42. The van der Waals surface area contributed by atoms with Gasteiger partial charge in [0, 0.05) is 30.5 Å². The molecule has 1 nitrogen and oxygen atoms in total. The summed E-state index contributed by atoms with van der Waals surface area (Å²) >= 11 is 10.9. The van der Waals surface area contributed by atoms with Crippen molar-refractivity contribution in [3.8, 4) is 0 Å². The number of anilines is 3. The number of fused-ring (bicyclic) bond motifs is 12. The average Bonchev–Trinajstić information content (AvgIpc) is 3.36. The normalized spacial score (nSPS) is 10.9. The van der Waals surface area contributed by atoms with Crippen LogP contribution in [0.3, 0.4) is 0 Å². The van der Waals surface area contributed by atoms with Crippen molar-refractivity contribution < 1.29 is 0 Å². The molecule has 0 atom stereocenters. The summed E-state index contributed by atoms with van der Waals surface area (Å²) in [5.41, 5.74) is 6.17. The van der Waals surface area contributed by atoms with Crippen molar-refractivity contribution in [2.45, 2.75) is 13.8 Å². The summed E-state index contributed by atoms with van der Waals surface area (Å²) in [5.74, 6) is 0. The lowest BCUT2D eigenvalue weighted by Gasteiger charge is -2.26. The fraction of sp³-hybridized carbons (Fsp3) is 0.0323. The molecule has 12 rings (SSSR count). The molecule has 66 heavy (non-hydrogen) atoms. The van der Waals surface area contributed by atoms with E-state index in [1.54, 1.807) is 0 Å². The molecule has 0 N–H and O–H groups in total. The van der Waals surface area contributed by atoms with Crippen molar-refractivity contribution in [2.75, 3.05) is 4.90 Å². The van der Waals surface area contributed by atoms with Gasteiger partial charge >= 0.3 is 0 Å².